The summed E-state index contributed by atoms with van der Waals surface area (Å²) in [5.41, 5.74) is 3.83. The summed E-state index contributed by atoms with van der Waals surface area (Å²) in [4.78, 5) is 13.0. The number of hydrogen-bond acceptors (Lipinski definition) is 6. The summed E-state index contributed by atoms with van der Waals surface area (Å²) in [7, 11) is -2.39. The third kappa shape index (κ3) is 3.48. The Morgan fingerprint density at radius 2 is 2.14 bits per heavy atom. The third-order valence-electron chi connectivity index (χ3n) is 5.46. The zero-order valence-electron chi connectivity index (χ0n) is 16.5. The van der Waals surface area contributed by atoms with Crippen LogP contribution in [0.15, 0.2) is 35.8 Å². The molecule has 0 bridgehead atoms. The number of thiophene rings is 1. The minimum Gasteiger partial charge on any atom is -0.360 e. The van der Waals surface area contributed by atoms with E-state index in [2.05, 4.69) is 27.1 Å². The first-order valence-electron chi connectivity index (χ1n) is 9.89. The van der Waals surface area contributed by atoms with E-state index in [0.29, 0.717) is 12.0 Å². The Labute approximate surface area is 173 Å². The second-order valence-corrected chi connectivity index (χ2v) is 12.1. The normalized spacial score (nSPS) is 17.8. The molecule has 29 heavy (non-hydrogen) atoms. The molecule has 0 amide bonds. The topological polar surface area (TPSA) is 82.7 Å². The molecule has 0 aliphatic carbocycles. The van der Waals surface area contributed by atoms with Gasteiger partial charge in [-0.3, -0.25) is 0 Å². The number of piperidine rings is 1. The fraction of sp³-hybridized carbons (Fsp3) is 0.333. The number of rotatable bonds is 4. The molecule has 1 aliphatic heterocycles. The number of aromatic nitrogens is 3. The van der Waals surface area contributed by atoms with Crippen molar-refractivity contribution in [1.29, 1.82) is 0 Å². The predicted molar refractivity (Wildman–Crippen MR) is 123 cm³/mol. The summed E-state index contributed by atoms with van der Waals surface area (Å²) >= 11 is 1.65. The van der Waals surface area contributed by atoms with E-state index in [-0.39, 0.29) is 0 Å². The first-order valence-corrected chi connectivity index (χ1v) is 13.4. The second-order valence-electron chi connectivity index (χ2n) is 7.97. The van der Waals surface area contributed by atoms with Crippen LogP contribution in [0, 0.1) is 0 Å². The van der Waals surface area contributed by atoms with Crippen LogP contribution in [0.5, 0.6) is 0 Å². The number of hydrogen-bond donors (Lipinski definition) is 3. The Morgan fingerprint density at radius 1 is 1.24 bits per heavy atom. The van der Waals surface area contributed by atoms with Crippen LogP contribution in [0.2, 0.25) is 0 Å². The Bertz CT molecular complexity index is 1230. The molecule has 0 spiro atoms. The number of nitrogens with zero attached hydrogens (tertiary/aromatic N) is 2. The summed E-state index contributed by atoms with van der Waals surface area (Å²) in [5.74, 6) is 0.668. The van der Waals surface area contributed by atoms with Crippen molar-refractivity contribution in [2.24, 2.45) is 0 Å². The van der Waals surface area contributed by atoms with Gasteiger partial charge in [0.25, 0.3) is 0 Å². The van der Waals surface area contributed by atoms with Gasteiger partial charge in [-0.15, -0.1) is 11.3 Å². The maximum Gasteiger partial charge on any atom is 0.224 e. The number of para-hydroxylation sites is 1. The molecule has 5 rings (SSSR count). The lowest BCUT2D eigenvalue weighted by Gasteiger charge is -2.24. The first-order chi connectivity index (χ1) is 14.0. The highest BCUT2D eigenvalue weighted by Gasteiger charge is 2.21. The summed E-state index contributed by atoms with van der Waals surface area (Å²) in [6, 6.07) is 8.39. The molecule has 0 unspecified atom stereocenters. The summed E-state index contributed by atoms with van der Waals surface area (Å²) < 4.78 is 13.8. The first kappa shape index (κ1) is 18.8. The van der Waals surface area contributed by atoms with Gasteiger partial charge in [-0.1, -0.05) is 12.1 Å². The fourth-order valence-electron chi connectivity index (χ4n) is 4.05. The van der Waals surface area contributed by atoms with Crippen LogP contribution in [-0.4, -0.2) is 47.4 Å². The van der Waals surface area contributed by atoms with E-state index in [1.807, 2.05) is 37.7 Å². The van der Waals surface area contributed by atoms with Crippen LogP contribution in [0.25, 0.3) is 32.4 Å². The van der Waals surface area contributed by atoms with Crippen molar-refractivity contribution in [3.05, 3.63) is 35.8 Å². The van der Waals surface area contributed by atoms with E-state index in [0.717, 1.165) is 63.6 Å². The van der Waals surface area contributed by atoms with Gasteiger partial charge < -0.3 is 20.2 Å². The lowest BCUT2D eigenvalue weighted by atomic mass is 10.1. The van der Waals surface area contributed by atoms with E-state index >= 15 is 0 Å². The minimum atomic E-state index is -2.39. The summed E-state index contributed by atoms with van der Waals surface area (Å²) in [6.45, 7) is 5.62. The number of H-pyrrole nitrogens is 1. The minimum absolute atomic E-state index is 0.341. The quantitative estimate of drug-likeness (QED) is 0.426. The molecule has 3 N–H and O–H groups in total. The zero-order chi connectivity index (χ0) is 20.0. The molecular weight excluding hydrogens is 401 g/mol. The largest absolute Gasteiger partial charge is 0.360 e. The monoisotopic (exact) mass is 425 g/mol. The van der Waals surface area contributed by atoms with Crippen molar-refractivity contribution < 1.29 is 4.57 Å². The van der Waals surface area contributed by atoms with Crippen LogP contribution >= 0.6 is 18.5 Å². The number of fused-ring (bicyclic) bond motifs is 2. The van der Waals surface area contributed by atoms with Gasteiger partial charge >= 0.3 is 0 Å². The summed E-state index contributed by atoms with van der Waals surface area (Å²) in [5, 5.41) is 10.9. The molecule has 4 heterocycles. The molecule has 0 saturated carbocycles. The number of anilines is 1. The molecular formula is C21H24N5OPS. The fourth-order valence-corrected chi connectivity index (χ4v) is 6.05. The van der Waals surface area contributed by atoms with Gasteiger partial charge in [0.15, 0.2) is 0 Å². The van der Waals surface area contributed by atoms with E-state index in [1.165, 1.54) is 0 Å². The maximum absolute atomic E-state index is 12.8. The highest BCUT2D eigenvalue weighted by molar-refractivity contribution is 7.70. The summed E-state index contributed by atoms with van der Waals surface area (Å²) in [6.07, 6.45) is 4.26. The molecule has 1 saturated heterocycles. The molecule has 1 aliphatic rings. The lowest BCUT2D eigenvalue weighted by Crippen LogP contribution is -2.38. The Morgan fingerprint density at radius 3 is 2.93 bits per heavy atom. The molecule has 150 valence electrons. The Balaban J connectivity index is 1.65. The molecule has 0 radical (unpaired) electrons. The third-order valence-corrected chi connectivity index (χ3v) is 7.91. The van der Waals surface area contributed by atoms with Crippen LogP contribution in [-0.2, 0) is 4.57 Å². The lowest BCUT2D eigenvalue weighted by molar-refractivity contribution is 0.478. The molecule has 6 nitrogen and oxygen atoms in total. The highest BCUT2D eigenvalue weighted by Crippen LogP contribution is 2.40. The van der Waals surface area contributed by atoms with Gasteiger partial charge in [-0.25, -0.2) is 9.97 Å². The van der Waals surface area contributed by atoms with Crippen molar-refractivity contribution in [2.75, 3.05) is 31.7 Å². The zero-order valence-corrected chi connectivity index (χ0v) is 18.2. The van der Waals surface area contributed by atoms with E-state index < -0.39 is 7.14 Å². The van der Waals surface area contributed by atoms with Gasteiger partial charge in [-0.2, -0.15) is 0 Å². The van der Waals surface area contributed by atoms with E-state index in [9.17, 15) is 4.57 Å². The van der Waals surface area contributed by atoms with Crippen molar-refractivity contribution in [3.8, 4) is 11.3 Å². The van der Waals surface area contributed by atoms with Crippen LogP contribution in [0.3, 0.4) is 0 Å². The number of aromatic amines is 1. The standard InChI is InChI=1S/C21H24N5OPS/c1-28(2,27)17-7-3-6-14-15(12-23-18(14)17)19-20-16(8-10-29-20)25-21(26-19)24-13-5-4-9-22-11-13/h3,6-8,10,12-13,22-23H,4-5,9,11H2,1-2H3,(H,24,25,26)/t13-/m0/s1. The molecule has 1 fully saturated rings. The van der Waals surface area contributed by atoms with Gasteiger partial charge in [0.05, 0.1) is 21.4 Å². The van der Waals surface area contributed by atoms with Crippen LogP contribution in [0.1, 0.15) is 12.8 Å². The SMILES string of the molecule is CP(C)(=O)c1cccc2c(-c3nc(N[C@H]4CCCNC4)nc4ccsc34)c[nH]c12. The molecule has 1 atom stereocenters. The van der Waals surface area contributed by atoms with Crippen molar-refractivity contribution in [1.82, 2.24) is 20.3 Å². The van der Waals surface area contributed by atoms with Gasteiger partial charge in [0, 0.05) is 35.0 Å². The van der Waals surface area contributed by atoms with Crippen molar-refractivity contribution >= 4 is 50.9 Å². The Hall–Kier alpha value is -2.21. The molecule has 1 aromatic carbocycles. The predicted octanol–water partition coefficient (Wildman–Crippen LogP) is 4.25. The number of benzene rings is 1. The van der Waals surface area contributed by atoms with Gasteiger partial charge in [-0.05, 0) is 50.2 Å². The molecule has 8 heteroatoms. The van der Waals surface area contributed by atoms with Crippen LogP contribution < -0.4 is 15.9 Å². The average Bonchev–Trinajstić information content (AvgIpc) is 3.34. The highest BCUT2D eigenvalue weighted by atomic mass is 32.1. The van der Waals surface area contributed by atoms with Crippen molar-refractivity contribution in [2.45, 2.75) is 18.9 Å². The second kappa shape index (κ2) is 7.24. The van der Waals surface area contributed by atoms with E-state index in [1.54, 1.807) is 11.3 Å². The van der Waals surface area contributed by atoms with Crippen LogP contribution in [0.4, 0.5) is 5.95 Å². The van der Waals surface area contributed by atoms with E-state index in [4.69, 9.17) is 9.97 Å². The van der Waals surface area contributed by atoms with Gasteiger partial charge in [0.2, 0.25) is 5.95 Å². The van der Waals surface area contributed by atoms with Crippen molar-refractivity contribution in [3.63, 3.8) is 0 Å². The Kier molecular flexibility index (Phi) is 4.69. The number of nitrogens with one attached hydrogen (secondary N) is 3. The molecule has 3 aromatic heterocycles. The van der Waals surface area contributed by atoms with Gasteiger partial charge in [0.1, 0.15) is 7.14 Å². The maximum atomic E-state index is 12.8. The molecule has 4 aromatic rings. The average molecular weight is 425 g/mol. The smallest absolute Gasteiger partial charge is 0.224 e.